The van der Waals surface area contributed by atoms with Crippen molar-refractivity contribution in [1.29, 1.82) is 0 Å². The van der Waals surface area contributed by atoms with E-state index in [1.54, 1.807) is 6.07 Å². The van der Waals surface area contributed by atoms with Crippen LogP contribution in [0.5, 0.6) is 0 Å². The number of nitrogen functional groups attached to an aromatic ring is 1. The van der Waals surface area contributed by atoms with Crippen molar-refractivity contribution in [3.63, 3.8) is 0 Å². The summed E-state index contributed by atoms with van der Waals surface area (Å²) >= 11 is 0. The van der Waals surface area contributed by atoms with Crippen LogP contribution in [0.25, 0.3) is 0 Å². The summed E-state index contributed by atoms with van der Waals surface area (Å²) in [5.41, 5.74) is 5.80. The van der Waals surface area contributed by atoms with E-state index in [9.17, 15) is 13.2 Å². The normalized spacial score (nSPS) is 11.5. The smallest absolute Gasteiger partial charge is 0.245 e. The summed E-state index contributed by atoms with van der Waals surface area (Å²) in [6.07, 6.45) is 2.39. The molecule has 0 bridgehead atoms. The average molecular weight is 294 g/mol. The minimum Gasteiger partial charge on any atom is -0.384 e. The van der Waals surface area contributed by atoms with Crippen LogP contribution in [0, 0.1) is 0 Å². The summed E-state index contributed by atoms with van der Waals surface area (Å²) < 4.78 is 21.4. The Bertz CT molecular complexity index is 526. The lowest BCUT2D eigenvalue weighted by atomic mass is 10.2. The number of halogens is 1. The van der Waals surface area contributed by atoms with Gasteiger partial charge < -0.3 is 11.1 Å². The molecule has 1 aromatic heterocycles. The van der Waals surface area contributed by atoms with Gasteiger partial charge in [0.2, 0.25) is 5.91 Å². The van der Waals surface area contributed by atoms with E-state index < -0.39 is 20.5 Å². The largest absolute Gasteiger partial charge is 0.384 e. The molecule has 8 heteroatoms. The second-order valence-electron chi connectivity index (χ2n) is 4.21. The van der Waals surface area contributed by atoms with Gasteiger partial charge in [-0.1, -0.05) is 0 Å². The lowest BCUT2D eigenvalue weighted by Crippen LogP contribution is -2.43. The number of hydrogen-bond donors (Lipinski definition) is 2. The van der Waals surface area contributed by atoms with Gasteiger partial charge in [0.15, 0.2) is 9.84 Å². The van der Waals surface area contributed by atoms with Crippen LogP contribution in [0.15, 0.2) is 18.3 Å². The second kappa shape index (κ2) is 5.53. The number of sulfone groups is 1. The Morgan fingerprint density at radius 2 is 1.94 bits per heavy atom. The molecule has 102 valence electrons. The first-order valence-corrected chi connectivity index (χ1v) is 6.76. The molecule has 0 unspecified atom stereocenters. The molecule has 0 aromatic carbocycles. The molecule has 1 amide bonds. The van der Waals surface area contributed by atoms with E-state index in [4.69, 9.17) is 5.73 Å². The minimum absolute atomic E-state index is 0. The molecule has 0 saturated carbocycles. The number of pyridine rings is 1. The highest BCUT2D eigenvalue weighted by molar-refractivity contribution is 7.92. The molecule has 18 heavy (non-hydrogen) atoms. The maximum absolute atomic E-state index is 11.8. The van der Waals surface area contributed by atoms with Crippen LogP contribution >= 0.6 is 12.4 Å². The fourth-order valence-electron chi connectivity index (χ4n) is 0.929. The van der Waals surface area contributed by atoms with E-state index in [1.165, 1.54) is 26.1 Å². The van der Waals surface area contributed by atoms with Gasteiger partial charge in [0.05, 0.1) is 11.9 Å². The van der Waals surface area contributed by atoms with Gasteiger partial charge in [-0.05, 0) is 26.0 Å². The summed E-state index contributed by atoms with van der Waals surface area (Å²) in [5.74, 6) is -0.281. The topological polar surface area (TPSA) is 102 Å². The summed E-state index contributed by atoms with van der Waals surface area (Å²) in [7, 11) is -3.49. The molecular formula is C10H16ClN3O3S. The summed E-state index contributed by atoms with van der Waals surface area (Å²) in [6, 6.07) is 3.07. The first-order chi connectivity index (χ1) is 7.64. The van der Waals surface area contributed by atoms with Gasteiger partial charge >= 0.3 is 0 Å². The number of carbonyl (C=O) groups excluding carboxylic acids is 1. The lowest BCUT2D eigenvalue weighted by Gasteiger charge is -2.21. The van der Waals surface area contributed by atoms with Gasteiger partial charge in [0.25, 0.3) is 0 Å². The predicted octanol–water partition coefficient (Wildman–Crippen LogP) is 0.847. The highest BCUT2D eigenvalue weighted by Crippen LogP contribution is 2.18. The highest BCUT2D eigenvalue weighted by Gasteiger charge is 2.38. The number of carbonyl (C=O) groups is 1. The molecule has 0 atom stereocenters. The summed E-state index contributed by atoms with van der Waals surface area (Å²) in [6.45, 7) is 2.70. The molecule has 0 fully saturated rings. The van der Waals surface area contributed by atoms with Crippen LogP contribution in [0.4, 0.5) is 11.5 Å². The van der Waals surface area contributed by atoms with Crippen molar-refractivity contribution >= 4 is 39.7 Å². The minimum atomic E-state index is -3.49. The maximum Gasteiger partial charge on any atom is 0.245 e. The van der Waals surface area contributed by atoms with Crippen molar-refractivity contribution in [2.45, 2.75) is 18.6 Å². The summed E-state index contributed by atoms with van der Waals surface area (Å²) in [5, 5.41) is 2.48. The SMILES string of the molecule is CC(C)(C(=O)Nc1ccc(N)nc1)S(C)(=O)=O.Cl. The molecule has 1 rings (SSSR count). The number of rotatable bonds is 3. The third-order valence-electron chi connectivity index (χ3n) is 2.52. The molecule has 6 nitrogen and oxygen atoms in total. The fraction of sp³-hybridized carbons (Fsp3) is 0.400. The summed E-state index contributed by atoms with van der Waals surface area (Å²) in [4.78, 5) is 15.6. The monoisotopic (exact) mass is 293 g/mol. The standard InChI is InChI=1S/C10H15N3O3S.ClH/c1-10(2,17(3,15)16)9(14)13-7-4-5-8(11)12-6-7;/h4-6H,1-3H3,(H2,11,12)(H,13,14);1H. The zero-order chi connectivity index (χ0) is 13.3. The maximum atomic E-state index is 11.8. The van der Waals surface area contributed by atoms with Gasteiger partial charge in [-0.15, -0.1) is 12.4 Å². The van der Waals surface area contributed by atoms with Crippen molar-refractivity contribution in [3.05, 3.63) is 18.3 Å². The number of nitrogens with two attached hydrogens (primary N) is 1. The van der Waals surface area contributed by atoms with Gasteiger partial charge in [-0.3, -0.25) is 4.79 Å². The van der Waals surface area contributed by atoms with Crippen molar-refractivity contribution in [2.75, 3.05) is 17.3 Å². The van der Waals surface area contributed by atoms with Gasteiger partial charge in [-0.25, -0.2) is 13.4 Å². The molecule has 0 aliphatic rings. The van der Waals surface area contributed by atoms with E-state index in [-0.39, 0.29) is 12.4 Å². The van der Waals surface area contributed by atoms with Gasteiger partial charge in [0, 0.05) is 6.26 Å². The fourth-order valence-corrected chi connectivity index (χ4v) is 1.32. The van der Waals surface area contributed by atoms with Gasteiger partial charge in [0.1, 0.15) is 10.6 Å². The number of anilines is 2. The Hall–Kier alpha value is -1.34. The third kappa shape index (κ3) is 3.58. The van der Waals surface area contributed by atoms with E-state index in [2.05, 4.69) is 10.3 Å². The Kier molecular flexibility index (Phi) is 5.12. The van der Waals surface area contributed by atoms with Crippen LogP contribution in [0.2, 0.25) is 0 Å². The first-order valence-electron chi connectivity index (χ1n) is 4.87. The van der Waals surface area contributed by atoms with Crippen molar-refractivity contribution in [3.8, 4) is 0 Å². The number of aromatic nitrogens is 1. The molecular weight excluding hydrogens is 278 g/mol. The van der Waals surface area contributed by atoms with E-state index in [1.807, 2.05) is 0 Å². The highest BCUT2D eigenvalue weighted by atomic mass is 35.5. The zero-order valence-electron chi connectivity index (χ0n) is 10.3. The Morgan fingerprint density at radius 1 is 1.39 bits per heavy atom. The number of nitrogens with one attached hydrogen (secondary N) is 1. The average Bonchev–Trinajstić information content (AvgIpc) is 2.19. The van der Waals surface area contributed by atoms with Crippen molar-refractivity contribution < 1.29 is 13.2 Å². The predicted molar refractivity (Wildman–Crippen MR) is 73.4 cm³/mol. The van der Waals surface area contributed by atoms with E-state index in [0.717, 1.165) is 6.26 Å². The Labute approximate surface area is 112 Å². The third-order valence-corrected chi connectivity index (χ3v) is 4.56. The van der Waals surface area contributed by atoms with Crippen molar-refractivity contribution in [2.24, 2.45) is 0 Å². The van der Waals surface area contributed by atoms with Crippen LogP contribution in [0.3, 0.4) is 0 Å². The number of amides is 1. The molecule has 1 aromatic rings. The van der Waals surface area contributed by atoms with Crippen molar-refractivity contribution in [1.82, 2.24) is 4.98 Å². The second-order valence-corrected chi connectivity index (χ2v) is 6.77. The quantitative estimate of drug-likeness (QED) is 0.860. The Balaban J connectivity index is 0.00000289. The van der Waals surface area contributed by atoms with Crippen LogP contribution in [-0.4, -0.2) is 30.3 Å². The lowest BCUT2D eigenvalue weighted by molar-refractivity contribution is -0.117. The van der Waals surface area contributed by atoms with Crippen LogP contribution in [-0.2, 0) is 14.6 Å². The molecule has 0 saturated heterocycles. The number of hydrogen-bond acceptors (Lipinski definition) is 5. The molecule has 0 radical (unpaired) electrons. The molecule has 3 N–H and O–H groups in total. The van der Waals surface area contributed by atoms with E-state index in [0.29, 0.717) is 11.5 Å². The van der Waals surface area contributed by atoms with E-state index >= 15 is 0 Å². The Morgan fingerprint density at radius 3 is 2.33 bits per heavy atom. The van der Waals surface area contributed by atoms with Gasteiger partial charge in [-0.2, -0.15) is 0 Å². The van der Waals surface area contributed by atoms with Crippen LogP contribution in [0.1, 0.15) is 13.8 Å². The molecule has 0 spiro atoms. The molecule has 1 heterocycles. The van der Waals surface area contributed by atoms with Crippen LogP contribution < -0.4 is 11.1 Å². The first kappa shape index (κ1) is 16.7. The zero-order valence-corrected chi connectivity index (χ0v) is 11.9. The molecule has 0 aliphatic heterocycles. The molecule has 0 aliphatic carbocycles. The number of nitrogens with zero attached hydrogens (tertiary/aromatic N) is 1.